The molecule has 0 bridgehead atoms. The van der Waals surface area contributed by atoms with Gasteiger partial charge >= 0.3 is 5.97 Å². The van der Waals surface area contributed by atoms with E-state index in [0.29, 0.717) is 17.9 Å². The van der Waals surface area contributed by atoms with Gasteiger partial charge in [-0.15, -0.1) is 0 Å². The van der Waals surface area contributed by atoms with Crippen LogP contribution in [0.4, 0.5) is 5.69 Å². The summed E-state index contributed by atoms with van der Waals surface area (Å²) in [5.74, 6) is 0.648. The molecule has 5 rings (SSSR count). The number of esters is 1. The number of rotatable bonds is 8. The monoisotopic (exact) mass is 497 g/mol. The van der Waals surface area contributed by atoms with Crippen molar-refractivity contribution in [3.05, 3.63) is 96.4 Å². The van der Waals surface area contributed by atoms with Crippen LogP contribution in [0.5, 0.6) is 0 Å². The van der Waals surface area contributed by atoms with E-state index in [-0.39, 0.29) is 17.8 Å². The van der Waals surface area contributed by atoms with E-state index >= 15 is 0 Å². The summed E-state index contributed by atoms with van der Waals surface area (Å²) in [6.07, 6.45) is 7.60. The van der Waals surface area contributed by atoms with Gasteiger partial charge < -0.3 is 14.6 Å². The number of ether oxygens (including phenoxy) is 1. The van der Waals surface area contributed by atoms with E-state index in [1.165, 1.54) is 0 Å². The molecule has 1 aliphatic rings. The van der Waals surface area contributed by atoms with Crippen LogP contribution in [0.1, 0.15) is 35.7 Å². The molecule has 0 atom stereocenters. The van der Waals surface area contributed by atoms with E-state index in [1.807, 2.05) is 53.6 Å². The fraction of sp³-hybridized carbons (Fsp3) is 0.276. The summed E-state index contributed by atoms with van der Waals surface area (Å²) in [6, 6.07) is 21.0. The van der Waals surface area contributed by atoms with Crippen molar-refractivity contribution < 1.29 is 14.3 Å². The molecule has 0 aliphatic carbocycles. The maximum atomic E-state index is 12.9. The number of hydrogen-bond acceptors (Lipinski definition) is 5. The molecule has 1 aliphatic heterocycles. The summed E-state index contributed by atoms with van der Waals surface area (Å²) in [7, 11) is 0. The third-order valence-corrected chi connectivity index (χ3v) is 6.68. The van der Waals surface area contributed by atoms with E-state index in [9.17, 15) is 9.59 Å². The first-order valence-corrected chi connectivity index (χ1v) is 12.7. The average molecular weight is 498 g/mol. The highest BCUT2D eigenvalue weighted by molar-refractivity contribution is 5.94. The first kappa shape index (κ1) is 24.5. The Morgan fingerprint density at radius 2 is 1.68 bits per heavy atom. The minimum atomic E-state index is -0.359. The molecule has 8 nitrogen and oxygen atoms in total. The summed E-state index contributed by atoms with van der Waals surface area (Å²) >= 11 is 0. The minimum Gasteiger partial charge on any atom is -0.462 e. The number of carbonyl (C=O) groups is 2. The minimum absolute atomic E-state index is 0.0217. The number of nitrogens with one attached hydrogen (secondary N) is 1. The number of hydrogen-bond donors (Lipinski definition) is 1. The Morgan fingerprint density at radius 1 is 0.973 bits per heavy atom. The summed E-state index contributed by atoms with van der Waals surface area (Å²) in [6.45, 7) is 4.54. The van der Waals surface area contributed by atoms with Gasteiger partial charge in [-0.1, -0.05) is 18.2 Å². The van der Waals surface area contributed by atoms with Crippen molar-refractivity contribution in [3.8, 4) is 11.5 Å². The highest BCUT2D eigenvalue weighted by atomic mass is 16.5. The Morgan fingerprint density at radius 3 is 2.35 bits per heavy atom. The lowest BCUT2D eigenvalue weighted by molar-refractivity contribution is -0.121. The van der Waals surface area contributed by atoms with Crippen molar-refractivity contribution >= 4 is 17.6 Å². The van der Waals surface area contributed by atoms with Gasteiger partial charge in [0.1, 0.15) is 5.82 Å². The fourth-order valence-electron chi connectivity index (χ4n) is 4.74. The third-order valence-electron chi connectivity index (χ3n) is 6.68. The van der Waals surface area contributed by atoms with Gasteiger partial charge in [0.2, 0.25) is 5.91 Å². The molecule has 3 heterocycles. The molecule has 2 aromatic heterocycles. The second kappa shape index (κ2) is 11.3. The quantitative estimate of drug-likeness (QED) is 0.357. The highest BCUT2D eigenvalue weighted by Gasteiger charge is 2.26. The molecule has 1 N–H and O–H groups in total. The van der Waals surface area contributed by atoms with Gasteiger partial charge in [0, 0.05) is 36.1 Å². The second-order valence-electron chi connectivity index (χ2n) is 9.17. The van der Waals surface area contributed by atoms with E-state index in [2.05, 4.69) is 26.9 Å². The normalized spacial score (nSPS) is 14.4. The van der Waals surface area contributed by atoms with Crippen LogP contribution in [-0.2, 0) is 16.1 Å². The number of anilines is 1. The van der Waals surface area contributed by atoms with Gasteiger partial charge in [-0.05, 0) is 81.4 Å². The number of nitrogens with zero attached hydrogens (tertiary/aromatic N) is 4. The topological polar surface area (TPSA) is 81.4 Å². The van der Waals surface area contributed by atoms with Crippen molar-refractivity contribution in [1.82, 2.24) is 19.2 Å². The number of benzene rings is 2. The molecular weight excluding hydrogens is 466 g/mol. The lowest BCUT2D eigenvalue weighted by Gasteiger charge is -2.31. The third kappa shape index (κ3) is 5.65. The van der Waals surface area contributed by atoms with Gasteiger partial charge in [0.15, 0.2) is 0 Å². The molecule has 0 unspecified atom stereocenters. The lowest BCUT2D eigenvalue weighted by atomic mass is 9.95. The maximum Gasteiger partial charge on any atom is 0.338 e. The Bertz CT molecular complexity index is 1320. The van der Waals surface area contributed by atoms with Crippen LogP contribution >= 0.6 is 0 Å². The molecule has 37 heavy (non-hydrogen) atoms. The van der Waals surface area contributed by atoms with Gasteiger partial charge in [-0.3, -0.25) is 9.69 Å². The first-order chi connectivity index (χ1) is 18.1. The molecule has 1 amide bonds. The van der Waals surface area contributed by atoms with Crippen LogP contribution in [0.2, 0.25) is 0 Å². The zero-order chi connectivity index (χ0) is 25.6. The van der Waals surface area contributed by atoms with Crippen molar-refractivity contribution in [2.75, 3.05) is 25.0 Å². The molecule has 0 spiro atoms. The van der Waals surface area contributed by atoms with E-state index in [4.69, 9.17) is 9.84 Å². The molecule has 1 saturated heterocycles. The van der Waals surface area contributed by atoms with E-state index in [1.54, 1.807) is 31.2 Å². The molecule has 2 aromatic carbocycles. The highest BCUT2D eigenvalue weighted by Crippen LogP contribution is 2.25. The fourth-order valence-corrected chi connectivity index (χ4v) is 4.74. The number of aromatic nitrogens is 3. The zero-order valence-corrected chi connectivity index (χ0v) is 20.9. The second-order valence-corrected chi connectivity index (χ2v) is 9.17. The number of piperidine rings is 1. The van der Waals surface area contributed by atoms with Gasteiger partial charge in [0.05, 0.1) is 24.1 Å². The molecule has 0 radical (unpaired) electrons. The number of likely N-dealkylation sites (tertiary alicyclic amines) is 1. The van der Waals surface area contributed by atoms with Crippen LogP contribution in [-0.4, -0.2) is 50.8 Å². The average Bonchev–Trinajstić information content (AvgIpc) is 3.60. The zero-order valence-electron chi connectivity index (χ0n) is 20.9. The summed E-state index contributed by atoms with van der Waals surface area (Å²) in [5.41, 5.74) is 3.32. The standard InChI is InChI=1S/C29H31N5O3/c1-2-37-29(36)23-10-12-25(13-11-23)31-27(35)22-14-18-32(19-15-22)21-24-20-30-34(26-8-4-3-5-9-26)28(24)33-16-6-7-17-33/h3-13,16-17,20,22H,2,14-15,18-19,21H2,1H3,(H,31,35). The summed E-state index contributed by atoms with van der Waals surface area (Å²) < 4.78 is 9.09. The molecule has 1 fully saturated rings. The predicted molar refractivity (Wildman–Crippen MR) is 142 cm³/mol. The van der Waals surface area contributed by atoms with Crippen LogP contribution in [0.3, 0.4) is 0 Å². The maximum absolute atomic E-state index is 12.9. The van der Waals surface area contributed by atoms with E-state index < -0.39 is 0 Å². The first-order valence-electron chi connectivity index (χ1n) is 12.7. The van der Waals surface area contributed by atoms with Crippen molar-refractivity contribution in [3.63, 3.8) is 0 Å². The molecule has 4 aromatic rings. The van der Waals surface area contributed by atoms with Crippen molar-refractivity contribution in [2.45, 2.75) is 26.3 Å². The van der Waals surface area contributed by atoms with Crippen LogP contribution in [0.15, 0.2) is 85.3 Å². The molecule has 190 valence electrons. The Balaban J connectivity index is 1.20. The SMILES string of the molecule is CCOC(=O)c1ccc(NC(=O)C2CCN(Cc3cnn(-c4ccccc4)c3-n3cccc3)CC2)cc1. The Hall–Kier alpha value is -4.17. The number of amides is 1. The van der Waals surface area contributed by atoms with Crippen molar-refractivity contribution in [2.24, 2.45) is 5.92 Å². The number of para-hydroxylation sites is 1. The van der Waals surface area contributed by atoms with Gasteiger partial charge in [0.25, 0.3) is 0 Å². The van der Waals surface area contributed by atoms with Crippen LogP contribution < -0.4 is 5.32 Å². The van der Waals surface area contributed by atoms with E-state index in [0.717, 1.165) is 49.5 Å². The predicted octanol–water partition coefficient (Wildman–Crippen LogP) is 4.69. The Labute approximate surface area is 216 Å². The van der Waals surface area contributed by atoms with Gasteiger partial charge in [-0.25, -0.2) is 9.48 Å². The van der Waals surface area contributed by atoms with Crippen LogP contribution in [0.25, 0.3) is 11.5 Å². The number of carbonyl (C=O) groups excluding carboxylic acids is 2. The molecule has 0 saturated carbocycles. The largest absolute Gasteiger partial charge is 0.462 e. The lowest BCUT2D eigenvalue weighted by Crippen LogP contribution is -2.37. The summed E-state index contributed by atoms with van der Waals surface area (Å²) in [5, 5.41) is 7.70. The van der Waals surface area contributed by atoms with Crippen molar-refractivity contribution in [1.29, 1.82) is 0 Å². The Kier molecular flexibility index (Phi) is 7.46. The molecular formula is C29H31N5O3. The summed E-state index contributed by atoms with van der Waals surface area (Å²) in [4.78, 5) is 27.1. The van der Waals surface area contributed by atoms with Gasteiger partial charge in [-0.2, -0.15) is 5.10 Å². The molecule has 8 heteroatoms. The smallest absolute Gasteiger partial charge is 0.338 e. The van der Waals surface area contributed by atoms with Crippen LogP contribution in [0, 0.1) is 5.92 Å².